The molecule has 2 aromatic carbocycles. The Morgan fingerprint density at radius 2 is 1.77 bits per heavy atom. The second-order valence-corrected chi connectivity index (χ2v) is 6.01. The monoisotopic (exact) mass is 401 g/mol. The number of amides is 1. The molecule has 114 valence electrons. The lowest BCUT2D eigenvalue weighted by Gasteiger charge is -2.08. The van der Waals surface area contributed by atoms with Crippen LogP contribution in [0, 0.1) is 0 Å². The molecule has 0 saturated heterocycles. The zero-order valence-electron chi connectivity index (χ0n) is 11.1. The molecule has 0 heterocycles. The van der Waals surface area contributed by atoms with Crippen molar-refractivity contribution in [2.75, 3.05) is 11.9 Å². The van der Waals surface area contributed by atoms with E-state index in [9.17, 15) is 9.59 Å². The van der Waals surface area contributed by atoms with E-state index in [4.69, 9.17) is 27.9 Å². The molecule has 1 amide bonds. The fourth-order valence-corrected chi connectivity index (χ4v) is 2.30. The number of carbonyl (C=O) groups excluding carboxylic acids is 2. The van der Waals surface area contributed by atoms with Gasteiger partial charge in [0.05, 0.1) is 16.3 Å². The number of carbonyl (C=O) groups is 2. The summed E-state index contributed by atoms with van der Waals surface area (Å²) in [5.41, 5.74) is 0.760. The maximum absolute atomic E-state index is 11.8. The molecule has 0 atom stereocenters. The van der Waals surface area contributed by atoms with Crippen LogP contribution in [0.3, 0.4) is 0 Å². The van der Waals surface area contributed by atoms with E-state index < -0.39 is 18.5 Å². The van der Waals surface area contributed by atoms with E-state index in [1.54, 1.807) is 36.4 Å². The maximum atomic E-state index is 11.8. The number of halogens is 3. The molecule has 1 N–H and O–H groups in total. The highest BCUT2D eigenvalue weighted by Crippen LogP contribution is 2.25. The van der Waals surface area contributed by atoms with Crippen molar-refractivity contribution < 1.29 is 14.3 Å². The molecule has 4 nitrogen and oxygen atoms in total. The van der Waals surface area contributed by atoms with Gasteiger partial charge in [-0.05, 0) is 42.5 Å². The minimum atomic E-state index is -0.579. The van der Waals surface area contributed by atoms with Crippen molar-refractivity contribution in [3.05, 3.63) is 62.5 Å². The summed E-state index contributed by atoms with van der Waals surface area (Å²) in [7, 11) is 0. The van der Waals surface area contributed by atoms with Gasteiger partial charge in [0.2, 0.25) is 0 Å². The SMILES string of the molecule is O=C(COC(=O)c1ccc(Br)cc1)Nc1ccc(Cl)cc1Cl. The zero-order chi connectivity index (χ0) is 16.1. The van der Waals surface area contributed by atoms with Gasteiger partial charge in [-0.15, -0.1) is 0 Å². The number of nitrogens with one attached hydrogen (secondary N) is 1. The van der Waals surface area contributed by atoms with Crippen LogP contribution in [0.2, 0.25) is 10.0 Å². The zero-order valence-corrected chi connectivity index (χ0v) is 14.2. The number of hydrogen-bond acceptors (Lipinski definition) is 3. The molecule has 0 unspecified atom stereocenters. The molecule has 2 rings (SSSR count). The Morgan fingerprint density at radius 3 is 2.41 bits per heavy atom. The summed E-state index contributed by atoms with van der Waals surface area (Å²) in [5, 5.41) is 3.31. The van der Waals surface area contributed by atoms with Crippen molar-refractivity contribution in [3.8, 4) is 0 Å². The van der Waals surface area contributed by atoms with Crippen molar-refractivity contribution in [1.29, 1.82) is 0 Å². The third kappa shape index (κ3) is 4.73. The van der Waals surface area contributed by atoms with Gasteiger partial charge in [0.15, 0.2) is 6.61 Å². The summed E-state index contributed by atoms with van der Waals surface area (Å²) in [6, 6.07) is 11.3. The average molecular weight is 403 g/mol. The number of hydrogen-bond donors (Lipinski definition) is 1. The Labute approximate surface area is 145 Å². The highest BCUT2D eigenvalue weighted by Gasteiger charge is 2.11. The Balaban J connectivity index is 1.89. The first-order chi connectivity index (χ1) is 10.5. The van der Waals surface area contributed by atoms with E-state index in [0.717, 1.165) is 4.47 Å². The summed E-state index contributed by atoms with van der Waals surface area (Å²) in [6.07, 6.45) is 0. The van der Waals surface area contributed by atoms with Crippen LogP contribution in [0.1, 0.15) is 10.4 Å². The number of anilines is 1. The van der Waals surface area contributed by atoms with Gasteiger partial charge in [-0.2, -0.15) is 0 Å². The van der Waals surface area contributed by atoms with Gasteiger partial charge < -0.3 is 10.1 Å². The average Bonchev–Trinajstić information content (AvgIpc) is 2.48. The number of rotatable bonds is 4. The Bertz CT molecular complexity index is 704. The molecule has 0 radical (unpaired) electrons. The highest BCUT2D eigenvalue weighted by atomic mass is 79.9. The van der Waals surface area contributed by atoms with Crippen molar-refractivity contribution in [1.82, 2.24) is 0 Å². The molecular weight excluding hydrogens is 393 g/mol. The van der Waals surface area contributed by atoms with E-state index in [1.807, 2.05) is 0 Å². The second-order valence-electron chi connectivity index (χ2n) is 4.26. The van der Waals surface area contributed by atoms with Gasteiger partial charge in [0.25, 0.3) is 5.91 Å². The fourth-order valence-electron chi connectivity index (χ4n) is 1.58. The Kier molecular flexibility index (Phi) is 5.83. The van der Waals surface area contributed by atoms with Crippen LogP contribution in [0.25, 0.3) is 0 Å². The topological polar surface area (TPSA) is 55.4 Å². The molecule has 22 heavy (non-hydrogen) atoms. The normalized spacial score (nSPS) is 10.1. The van der Waals surface area contributed by atoms with Crippen LogP contribution in [0.5, 0.6) is 0 Å². The maximum Gasteiger partial charge on any atom is 0.338 e. The van der Waals surface area contributed by atoms with Gasteiger partial charge in [-0.3, -0.25) is 4.79 Å². The largest absolute Gasteiger partial charge is 0.452 e. The van der Waals surface area contributed by atoms with Crippen molar-refractivity contribution in [2.24, 2.45) is 0 Å². The minimum absolute atomic E-state index is 0.306. The van der Waals surface area contributed by atoms with Crippen molar-refractivity contribution in [2.45, 2.75) is 0 Å². The van der Waals surface area contributed by atoms with Crippen LogP contribution < -0.4 is 5.32 Å². The van der Waals surface area contributed by atoms with E-state index >= 15 is 0 Å². The van der Waals surface area contributed by atoms with Crippen molar-refractivity contribution in [3.63, 3.8) is 0 Å². The number of benzene rings is 2. The Morgan fingerprint density at radius 1 is 1.09 bits per heavy atom. The van der Waals surface area contributed by atoms with Gasteiger partial charge in [0.1, 0.15) is 0 Å². The minimum Gasteiger partial charge on any atom is -0.452 e. The molecule has 0 fully saturated rings. The summed E-state index contributed by atoms with van der Waals surface area (Å²) < 4.78 is 5.78. The summed E-state index contributed by atoms with van der Waals surface area (Å²) in [6.45, 7) is -0.409. The molecule has 0 aliphatic carbocycles. The summed E-state index contributed by atoms with van der Waals surface area (Å²) in [4.78, 5) is 23.5. The molecule has 2 aromatic rings. The highest BCUT2D eigenvalue weighted by molar-refractivity contribution is 9.10. The van der Waals surface area contributed by atoms with E-state index in [-0.39, 0.29) is 0 Å². The molecular formula is C15H10BrCl2NO3. The Hall–Kier alpha value is -1.56. The molecule has 0 aliphatic heterocycles. The molecule has 0 aromatic heterocycles. The van der Waals surface area contributed by atoms with Crippen LogP contribution in [-0.4, -0.2) is 18.5 Å². The molecule has 0 spiro atoms. The molecule has 0 bridgehead atoms. The van der Waals surface area contributed by atoms with Crippen LogP contribution in [0.4, 0.5) is 5.69 Å². The first-order valence-electron chi connectivity index (χ1n) is 6.13. The fraction of sp³-hybridized carbons (Fsp3) is 0.0667. The van der Waals surface area contributed by atoms with Gasteiger partial charge >= 0.3 is 5.97 Å². The second kappa shape index (κ2) is 7.63. The van der Waals surface area contributed by atoms with E-state index in [1.165, 1.54) is 6.07 Å². The van der Waals surface area contributed by atoms with Gasteiger partial charge in [-0.25, -0.2) is 4.79 Å². The number of esters is 1. The predicted molar refractivity (Wildman–Crippen MR) is 89.5 cm³/mol. The standard InChI is InChI=1S/C15H10BrCl2NO3/c16-10-3-1-9(2-4-10)15(21)22-8-14(20)19-13-6-5-11(17)7-12(13)18/h1-7H,8H2,(H,19,20). The smallest absolute Gasteiger partial charge is 0.338 e. The van der Waals surface area contributed by atoms with Crippen molar-refractivity contribution >= 4 is 56.7 Å². The lowest BCUT2D eigenvalue weighted by atomic mass is 10.2. The summed E-state index contributed by atoms with van der Waals surface area (Å²) in [5.74, 6) is -1.07. The first kappa shape index (κ1) is 16.8. The predicted octanol–water partition coefficient (Wildman–Crippen LogP) is 4.55. The molecule has 7 heteroatoms. The molecule has 0 saturated carbocycles. The number of ether oxygens (including phenoxy) is 1. The quantitative estimate of drug-likeness (QED) is 0.763. The first-order valence-corrected chi connectivity index (χ1v) is 7.68. The van der Waals surface area contributed by atoms with Gasteiger partial charge in [0, 0.05) is 9.50 Å². The lowest BCUT2D eigenvalue weighted by Crippen LogP contribution is -2.21. The van der Waals surface area contributed by atoms with Crippen LogP contribution in [-0.2, 0) is 9.53 Å². The third-order valence-electron chi connectivity index (χ3n) is 2.62. The molecule has 0 aliphatic rings. The summed E-state index contributed by atoms with van der Waals surface area (Å²) >= 11 is 15.0. The lowest BCUT2D eigenvalue weighted by molar-refractivity contribution is -0.119. The third-order valence-corrected chi connectivity index (χ3v) is 3.70. The van der Waals surface area contributed by atoms with Crippen LogP contribution >= 0.6 is 39.1 Å². The van der Waals surface area contributed by atoms with E-state index in [0.29, 0.717) is 21.3 Å². The van der Waals surface area contributed by atoms with Crippen LogP contribution in [0.15, 0.2) is 46.9 Å². The van der Waals surface area contributed by atoms with Gasteiger partial charge in [-0.1, -0.05) is 39.1 Å². The van der Waals surface area contributed by atoms with E-state index in [2.05, 4.69) is 21.2 Å².